The molecule has 56 heavy (non-hydrogen) atoms. The van der Waals surface area contributed by atoms with Crippen molar-refractivity contribution in [2.45, 2.75) is 104 Å². The zero-order valence-corrected chi connectivity index (χ0v) is 33.6. The number of aromatic nitrogens is 2. The molecule has 3 heterocycles. The van der Waals surface area contributed by atoms with Gasteiger partial charge >= 0.3 is 11.9 Å². The number of carboxylic acid groups (broad SMARTS) is 1. The molecule has 1 unspecified atom stereocenters. The van der Waals surface area contributed by atoms with E-state index in [4.69, 9.17) is 35.3 Å². The third kappa shape index (κ3) is 7.83. The summed E-state index contributed by atoms with van der Waals surface area (Å²) in [5, 5.41) is 18.4. The molecule has 2 N–H and O–H groups in total. The molecule has 1 amide bonds. The topological polar surface area (TPSA) is 170 Å². The maximum atomic E-state index is 14.7. The van der Waals surface area contributed by atoms with Gasteiger partial charge in [0.25, 0.3) is 0 Å². The van der Waals surface area contributed by atoms with Crippen LogP contribution < -0.4 is 14.8 Å². The van der Waals surface area contributed by atoms with Crippen LogP contribution in [-0.2, 0) is 23.9 Å². The number of carboxylic acids is 1. The number of benzene rings is 1. The molecule has 4 fully saturated rings. The van der Waals surface area contributed by atoms with Gasteiger partial charge in [0.05, 0.1) is 48.7 Å². The molecule has 300 valence electrons. The predicted molar refractivity (Wildman–Crippen MR) is 208 cm³/mol. The summed E-state index contributed by atoms with van der Waals surface area (Å²) < 4.78 is 23.6. The fourth-order valence-electron chi connectivity index (χ4n) is 8.67. The number of nitrogens with zero attached hydrogens (tertiary/aromatic N) is 3. The molecule has 1 aromatic carbocycles. The molecule has 0 bridgehead atoms. The monoisotopic (exact) mass is 790 g/mol. The molecule has 0 radical (unpaired) electrons. The molecule has 0 spiro atoms. The number of fused-ring (bicyclic) bond motifs is 2. The molecule has 4 aliphatic rings. The zero-order valence-electron chi connectivity index (χ0n) is 32.8. The van der Waals surface area contributed by atoms with Gasteiger partial charge < -0.3 is 34.1 Å². The fraction of sp³-hybridized carbons (Fsp3) is 0.571. The van der Waals surface area contributed by atoms with Crippen LogP contribution in [0.1, 0.15) is 79.6 Å². The molecule has 3 saturated carbocycles. The molecule has 3 aromatic rings. The number of hydrogen-bond donors (Lipinski definition) is 2. The van der Waals surface area contributed by atoms with Crippen LogP contribution in [0.2, 0.25) is 5.02 Å². The number of allylic oxidation sites excluding steroid dienone is 1. The van der Waals surface area contributed by atoms with Gasteiger partial charge in [-0.25, -0.2) is 4.98 Å². The summed E-state index contributed by atoms with van der Waals surface area (Å²) in [6.45, 7) is 13.4. The Labute approximate surface area is 331 Å². The van der Waals surface area contributed by atoms with Crippen molar-refractivity contribution in [1.82, 2.24) is 15.0 Å². The number of halogens is 1. The predicted octanol–water partition coefficient (Wildman–Crippen LogP) is 7.35. The van der Waals surface area contributed by atoms with E-state index in [-0.39, 0.29) is 60.6 Å². The summed E-state index contributed by atoms with van der Waals surface area (Å²) in [6, 6.07) is 6.01. The van der Waals surface area contributed by atoms with Gasteiger partial charge in [-0.15, -0.1) is 6.58 Å². The number of nitrogens with one attached hydrogen (secondary N) is 1. The van der Waals surface area contributed by atoms with Crippen molar-refractivity contribution in [3.63, 3.8) is 0 Å². The smallest absolute Gasteiger partial charge is 0.310 e. The van der Waals surface area contributed by atoms with Crippen molar-refractivity contribution in [2.24, 2.45) is 34.5 Å². The van der Waals surface area contributed by atoms with E-state index in [1.807, 2.05) is 34.6 Å². The highest BCUT2D eigenvalue weighted by molar-refractivity contribution is 6.36. The van der Waals surface area contributed by atoms with Crippen LogP contribution in [-0.4, -0.2) is 81.7 Å². The number of aliphatic carboxylic acids is 1. The minimum Gasteiger partial charge on any atom is -0.495 e. The Hall–Kier alpha value is -4.65. The number of pyridine rings is 1. The number of Topliss-reactive ketones (excluding diaryl/α,β-unsaturated/α-hetero) is 1. The highest BCUT2D eigenvalue weighted by Crippen LogP contribution is 2.57. The Morgan fingerprint density at radius 1 is 1.09 bits per heavy atom. The number of ether oxygens (including phenoxy) is 3. The molecule has 1 aliphatic heterocycles. The summed E-state index contributed by atoms with van der Waals surface area (Å²) >= 11 is 6.80. The van der Waals surface area contributed by atoms with Crippen molar-refractivity contribution in [3.8, 4) is 22.9 Å². The van der Waals surface area contributed by atoms with Gasteiger partial charge in [-0.2, -0.15) is 0 Å². The van der Waals surface area contributed by atoms with Crippen LogP contribution in [0.3, 0.4) is 0 Å². The van der Waals surface area contributed by atoms with Crippen LogP contribution in [0.25, 0.3) is 22.3 Å². The van der Waals surface area contributed by atoms with Crippen molar-refractivity contribution >= 4 is 52.0 Å². The molecular weight excluding hydrogens is 740 g/mol. The van der Waals surface area contributed by atoms with Crippen LogP contribution in [0, 0.1) is 34.5 Å². The van der Waals surface area contributed by atoms with E-state index in [0.29, 0.717) is 57.9 Å². The van der Waals surface area contributed by atoms with E-state index in [1.54, 1.807) is 30.3 Å². The Morgan fingerprint density at radius 2 is 1.82 bits per heavy atom. The lowest BCUT2D eigenvalue weighted by Gasteiger charge is -2.35. The second-order valence-corrected chi connectivity index (χ2v) is 17.8. The number of methoxy groups -OCH3 is 1. The quantitative estimate of drug-likeness (QED) is 0.116. The van der Waals surface area contributed by atoms with Crippen LogP contribution in [0.4, 0.5) is 5.88 Å². The summed E-state index contributed by atoms with van der Waals surface area (Å²) in [5.74, 6) is -0.924. The van der Waals surface area contributed by atoms with Gasteiger partial charge in [0.1, 0.15) is 34.4 Å². The lowest BCUT2D eigenvalue weighted by Crippen LogP contribution is -2.48. The van der Waals surface area contributed by atoms with E-state index in [0.717, 1.165) is 12.8 Å². The minimum absolute atomic E-state index is 0.0171. The largest absolute Gasteiger partial charge is 0.495 e. The first kappa shape index (κ1) is 39.6. The van der Waals surface area contributed by atoms with E-state index < -0.39 is 40.8 Å². The number of carbonyl (C=O) groups excluding carboxylic acids is 3. The fourth-order valence-corrected chi connectivity index (χ4v) is 8.96. The summed E-state index contributed by atoms with van der Waals surface area (Å²) in [5.41, 5.74) is -0.726. The van der Waals surface area contributed by atoms with Crippen molar-refractivity contribution in [1.29, 1.82) is 0 Å². The first-order valence-corrected chi connectivity index (χ1v) is 19.8. The van der Waals surface area contributed by atoms with Gasteiger partial charge in [-0.05, 0) is 74.8 Å². The highest BCUT2D eigenvalue weighted by atomic mass is 35.5. The molecule has 3 aliphatic carbocycles. The summed E-state index contributed by atoms with van der Waals surface area (Å²) in [7, 11) is 1.51. The van der Waals surface area contributed by atoms with Crippen molar-refractivity contribution in [2.75, 3.05) is 19.0 Å². The normalized spacial score (nSPS) is 27.1. The van der Waals surface area contributed by atoms with E-state index in [9.17, 15) is 24.3 Å². The Morgan fingerprint density at radius 3 is 2.45 bits per heavy atom. The number of amides is 1. The summed E-state index contributed by atoms with van der Waals surface area (Å²) in [6.07, 6.45) is 3.65. The van der Waals surface area contributed by atoms with Gasteiger partial charge in [0, 0.05) is 36.4 Å². The Bertz CT molecular complexity index is 2050. The number of hydrogen-bond acceptors (Lipinski definition) is 11. The maximum Gasteiger partial charge on any atom is 0.310 e. The number of anilines is 1. The molecular formula is C42H51ClN4O9. The third-order valence-electron chi connectivity index (χ3n) is 12.0. The zero-order chi connectivity index (χ0) is 40.3. The first-order valence-electron chi connectivity index (χ1n) is 19.5. The number of carbonyl (C=O) groups is 4. The molecule has 14 heteroatoms. The molecule has 8 atom stereocenters. The summed E-state index contributed by atoms with van der Waals surface area (Å²) in [4.78, 5) is 61.1. The first-order chi connectivity index (χ1) is 26.5. The second kappa shape index (κ2) is 15.0. The Balaban J connectivity index is 1.20. The molecule has 2 aromatic heterocycles. The van der Waals surface area contributed by atoms with Gasteiger partial charge in [-0.3, -0.25) is 19.2 Å². The van der Waals surface area contributed by atoms with E-state index in [2.05, 4.69) is 17.1 Å². The number of ketones is 1. The average Bonchev–Trinajstić information content (AvgIpc) is 3.80. The second-order valence-electron chi connectivity index (χ2n) is 17.5. The molecule has 1 saturated heterocycles. The van der Waals surface area contributed by atoms with Gasteiger partial charge in [0.15, 0.2) is 5.78 Å². The highest BCUT2D eigenvalue weighted by Gasteiger charge is 2.61. The third-order valence-corrected chi connectivity index (χ3v) is 12.4. The Kier molecular flexibility index (Phi) is 10.6. The van der Waals surface area contributed by atoms with Crippen molar-refractivity contribution < 1.29 is 43.0 Å². The van der Waals surface area contributed by atoms with Gasteiger partial charge in [-0.1, -0.05) is 43.6 Å². The lowest BCUT2D eigenvalue weighted by molar-refractivity contribution is -0.157. The van der Waals surface area contributed by atoms with Gasteiger partial charge in [0.2, 0.25) is 11.8 Å². The minimum atomic E-state index is -1.27. The maximum absolute atomic E-state index is 14.7. The van der Waals surface area contributed by atoms with E-state index >= 15 is 0 Å². The molecule has 7 rings (SSSR count). The number of likely N-dealkylation sites (tertiary alicyclic amines) is 1. The van der Waals surface area contributed by atoms with Crippen LogP contribution in [0.5, 0.6) is 11.5 Å². The van der Waals surface area contributed by atoms with Crippen LogP contribution in [0.15, 0.2) is 41.4 Å². The standard InChI is InChI=1S/C42H51ClN4O9/c1-8-24-18-42(24,40(51)52)19-32(48)31-14-26(20-47(31)39(50)28(41(4,5)6)15-36(49)55-25-12-22-11-23(22)13-25)54-34-16-29(30-17-35(56-46-30)44-21(2)3)45-38-27(34)9-10-33(53-7)37(38)43/h8-10,16-17,21-26,28,31,44H,1,11-15,18-20H2,2-7H3,(H,51,52)/t22-,23+,24-,25?,26-,28-,31+,42-/m1/s1. The SMILES string of the molecule is C=C[C@@H]1C[C@]1(CC(=O)[C@@H]1C[C@@H](Oc2cc(-c3cc(NC(C)C)on3)nc3c(Cl)c(OC)ccc23)CN1C(=O)[C@@H](CC(=O)OC1C[C@@H]2C[C@@H]2C1)C(C)(C)C)C(=O)O. The van der Waals surface area contributed by atoms with Crippen molar-refractivity contribution in [3.05, 3.63) is 41.9 Å². The van der Waals surface area contributed by atoms with E-state index in [1.165, 1.54) is 18.4 Å². The number of esters is 1. The molecule has 13 nitrogen and oxygen atoms in total. The lowest BCUT2D eigenvalue weighted by atomic mass is 9.77. The average molecular weight is 791 g/mol. The van der Waals surface area contributed by atoms with Crippen LogP contribution >= 0.6 is 11.6 Å². The number of rotatable bonds is 15.